The van der Waals surface area contributed by atoms with Crippen LogP contribution in [-0.2, 0) is 4.79 Å². The summed E-state index contributed by atoms with van der Waals surface area (Å²) in [4.78, 5) is 33.7. The highest BCUT2D eigenvalue weighted by atomic mass is 32.2. The predicted molar refractivity (Wildman–Crippen MR) is 100 cm³/mol. The zero-order chi connectivity index (χ0) is 18.8. The number of hydrogen-bond acceptors (Lipinski definition) is 6. The molecule has 0 aliphatic carbocycles. The number of esters is 1. The van der Waals surface area contributed by atoms with Crippen molar-refractivity contribution in [2.24, 2.45) is 0 Å². The van der Waals surface area contributed by atoms with Gasteiger partial charge in [-0.15, -0.1) is 0 Å². The first-order chi connectivity index (χ1) is 12.6. The van der Waals surface area contributed by atoms with Crippen molar-refractivity contribution in [3.05, 3.63) is 70.3 Å². The molecule has 7 heteroatoms. The van der Waals surface area contributed by atoms with Crippen LogP contribution >= 0.6 is 11.8 Å². The first-order valence-electron chi connectivity index (χ1n) is 8.23. The van der Waals surface area contributed by atoms with Gasteiger partial charge in [0.15, 0.2) is 0 Å². The molecular formula is C19H19NO5S. The minimum absolute atomic E-state index is 0.0488. The zero-order valence-corrected chi connectivity index (χ0v) is 14.9. The van der Waals surface area contributed by atoms with E-state index >= 15 is 0 Å². The van der Waals surface area contributed by atoms with Gasteiger partial charge in [0.05, 0.1) is 4.92 Å². The number of non-ortho nitro benzene ring substituents is 1. The third-order valence-corrected chi connectivity index (χ3v) is 4.54. The molecule has 0 saturated heterocycles. The number of hydrogen-bond donors (Lipinski definition) is 0. The van der Waals surface area contributed by atoms with Gasteiger partial charge in [-0.3, -0.25) is 19.7 Å². The summed E-state index contributed by atoms with van der Waals surface area (Å²) >= 11 is 1.28. The number of nitro groups is 1. The molecule has 0 fully saturated rings. The average Bonchev–Trinajstić information content (AvgIpc) is 2.65. The van der Waals surface area contributed by atoms with Crippen molar-refractivity contribution in [2.45, 2.75) is 25.7 Å². The van der Waals surface area contributed by atoms with Crippen LogP contribution in [0.4, 0.5) is 5.69 Å². The quantitative estimate of drug-likeness (QED) is 0.209. The van der Waals surface area contributed by atoms with E-state index in [1.807, 2.05) is 18.2 Å². The van der Waals surface area contributed by atoms with Gasteiger partial charge in [-0.2, -0.15) is 0 Å². The Bertz CT molecular complexity index is 746. The fourth-order valence-corrected chi connectivity index (χ4v) is 3.03. The number of rotatable bonds is 9. The van der Waals surface area contributed by atoms with E-state index in [9.17, 15) is 19.7 Å². The summed E-state index contributed by atoms with van der Waals surface area (Å²) in [5.74, 6) is 0.641. The van der Waals surface area contributed by atoms with E-state index in [0.717, 1.165) is 12.8 Å². The van der Waals surface area contributed by atoms with E-state index in [1.54, 1.807) is 12.1 Å². The van der Waals surface area contributed by atoms with Gasteiger partial charge in [0, 0.05) is 29.9 Å². The van der Waals surface area contributed by atoms with Crippen molar-refractivity contribution in [3.63, 3.8) is 0 Å². The molecule has 0 aliphatic heterocycles. The van der Waals surface area contributed by atoms with Crippen LogP contribution in [0.25, 0.3) is 0 Å². The number of nitro benzene ring substituents is 1. The topological polar surface area (TPSA) is 86.5 Å². The van der Waals surface area contributed by atoms with Crippen molar-refractivity contribution in [2.75, 3.05) is 5.75 Å². The Balaban J connectivity index is 1.58. The highest BCUT2D eigenvalue weighted by Gasteiger charge is 2.09. The van der Waals surface area contributed by atoms with Crippen molar-refractivity contribution in [1.82, 2.24) is 0 Å². The summed E-state index contributed by atoms with van der Waals surface area (Å²) in [5, 5.41) is 10.6. The molecule has 0 spiro atoms. The maximum atomic E-state index is 11.9. The van der Waals surface area contributed by atoms with Crippen molar-refractivity contribution in [3.8, 4) is 5.75 Å². The Hall–Kier alpha value is -2.67. The molecule has 0 unspecified atom stereocenters. The Kier molecular flexibility index (Phi) is 7.82. The monoisotopic (exact) mass is 373 g/mol. The fourth-order valence-electron chi connectivity index (χ4n) is 2.19. The second-order valence-corrected chi connectivity index (χ2v) is 6.61. The van der Waals surface area contributed by atoms with E-state index in [1.165, 1.54) is 36.0 Å². The summed E-state index contributed by atoms with van der Waals surface area (Å²) < 4.78 is 5.13. The van der Waals surface area contributed by atoms with Crippen LogP contribution in [0.3, 0.4) is 0 Å². The molecular weight excluding hydrogens is 354 g/mol. The molecule has 0 radical (unpaired) electrons. The van der Waals surface area contributed by atoms with E-state index in [2.05, 4.69) is 0 Å². The Morgan fingerprint density at radius 3 is 2.31 bits per heavy atom. The second-order valence-electron chi connectivity index (χ2n) is 5.54. The second kappa shape index (κ2) is 10.4. The molecule has 2 aromatic rings. The molecule has 26 heavy (non-hydrogen) atoms. The number of carbonyl (C=O) groups is 2. The summed E-state index contributed by atoms with van der Waals surface area (Å²) in [5.41, 5.74) is 0.650. The van der Waals surface area contributed by atoms with Gasteiger partial charge in [0.1, 0.15) is 5.75 Å². The minimum Gasteiger partial charge on any atom is -0.427 e. The summed E-state index contributed by atoms with van der Waals surface area (Å²) in [6.07, 6.45) is 2.61. The number of nitrogens with zero attached hydrogens (tertiary/aromatic N) is 1. The molecule has 0 saturated carbocycles. The molecule has 0 bridgehead atoms. The maximum absolute atomic E-state index is 11.9. The Morgan fingerprint density at radius 1 is 0.962 bits per heavy atom. The number of carbonyl (C=O) groups excluding carboxylic acids is 2. The van der Waals surface area contributed by atoms with Crippen LogP contribution in [0, 0.1) is 10.1 Å². The standard InChI is InChI=1S/C19H19NO5S/c21-18(25-17-12-10-16(11-13-17)20(23)24)9-5-2-6-14-26-19(22)15-7-3-1-4-8-15/h1,3-4,7-8,10-13H,2,5-6,9,14H2. The smallest absolute Gasteiger partial charge is 0.311 e. The molecule has 0 atom stereocenters. The van der Waals surface area contributed by atoms with E-state index in [0.29, 0.717) is 23.5 Å². The van der Waals surface area contributed by atoms with Crippen LogP contribution in [0.1, 0.15) is 36.0 Å². The van der Waals surface area contributed by atoms with Crippen LogP contribution in [-0.4, -0.2) is 21.8 Å². The van der Waals surface area contributed by atoms with E-state index in [-0.39, 0.29) is 23.2 Å². The van der Waals surface area contributed by atoms with Gasteiger partial charge in [0.25, 0.3) is 5.69 Å². The highest BCUT2D eigenvalue weighted by Crippen LogP contribution is 2.18. The van der Waals surface area contributed by atoms with Gasteiger partial charge in [-0.25, -0.2) is 0 Å². The maximum Gasteiger partial charge on any atom is 0.311 e. The molecule has 136 valence electrons. The molecule has 0 heterocycles. The summed E-state index contributed by atoms with van der Waals surface area (Å²) in [6, 6.07) is 14.5. The van der Waals surface area contributed by atoms with Crippen LogP contribution < -0.4 is 4.74 Å². The van der Waals surface area contributed by atoms with Gasteiger partial charge >= 0.3 is 5.97 Å². The van der Waals surface area contributed by atoms with Gasteiger partial charge in [-0.1, -0.05) is 48.5 Å². The van der Waals surface area contributed by atoms with Crippen molar-refractivity contribution < 1.29 is 19.2 Å². The number of unbranched alkanes of at least 4 members (excludes halogenated alkanes) is 2. The van der Waals surface area contributed by atoms with Crippen LogP contribution in [0.2, 0.25) is 0 Å². The van der Waals surface area contributed by atoms with Gasteiger partial charge < -0.3 is 4.74 Å². The molecule has 0 amide bonds. The lowest BCUT2D eigenvalue weighted by molar-refractivity contribution is -0.384. The largest absolute Gasteiger partial charge is 0.427 e. The van der Waals surface area contributed by atoms with Crippen LogP contribution in [0.15, 0.2) is 54.6 Å². The SMILES string of the molecule is O=C(CCCCCSC(=O)c1ccccc1)Oc1ccc([N+](=O)[O-])cc1. The number of benzene rings is 2. The third-order valence-electron chi connectivity index (χ3n) is 3.55. The van der Waals surface area contributed by atoms with Crippen molar-refractivity contribution in [1.29, 1.82) is 0 Å². The lowest BCUT2D eigenvalue weighted by atomic mass is 10.2. The predicted octanol–water partition coefficient (Wildman–Crippen LogP) is 4.63. The molecule has 0 aliphatic rings. The highest BCUT2D eigenvalue weighted by molar-refractivity contribution is 8.14. The Labute approximate surface area is 155 Å². The summed E-state index contributed by atoms with van der Waals surface area (Å²) in [7, 11) is 0. The fraction of sp³-hybridized carbons (Fsp3) is 0.263. The lowest BCUT2D eigenvalue weighted by Gasteiger charge is -2.04. The lowest BCUT2D eigenvalue weighted by Crippen LogP contribution is -2.07. The van der Waals surface area contributed by atoms with Crippen LogP contribution in [0.5, 0.6) is 5.75 Å². The first-order valence-corrected chi connectivity index (χ1v) is 9.22. The Morgan fingerprint density at radius 2 is 1.65 bits per heavy atom. The van der Waals surface area contributed by atoms with Crippen molar-refractivity contribution >= 4 is 28.5 Å². The summed E-state index contributed by atoms with van der Waals surface area (Å²) in [6.45, 7) is 0. The molecule has 2 aromatic carbocycles. The van der Waals surface area contributed by atoms with Gasteiger partial charge in [-0.05, 0) is 25.0 Å². The van der Waals surface area contributed by atoms with E-state index < -0.39 is 4.92 Å². The molecule has 2 rings (SSSR count). The molecule has 6 nitrogen and oxygen atoms in total. The number of thioether (sulfide) groups is 1. The molecule has 0 N–H and O–H groups in total. The third kappa shape index (κ3) is 6.68. The normalized spacial score (nSPS) is 10.3. The first kappa shape index (κ1) is 19.7. The zero-order valence-electron chi connectivity index (χ0n) is 14.1. The van der Waals surface area contributed by atoms with Gasteiger partial charge in [0.2, 0.25) is 5.12 Å². The van der Waals surface area contributed by atoms with E-state index in [4.69, 9.17) is 4.74 Å². The minimum atomic E-state index is -0.508. The number of ether oxygens (including phenoxy) is 1. The molecule has 0 aromatic heterocycles. The average molecular weight is 373 g/mol.